The summed E-state index contributed by atoms with van der Waals surface area (Å²) in [6.45, 7) is 22.9. The summed E-state index contributed by atoms with van der Waals surface area (Å²) in [6.07, 6.45) is 9.11. The molecule has 0 aliphatic rings. The summed E-state index contributed by atoms with van der Waals surface area (Å²) in [5, 5.41) is 0. The van der Waals surface area contributed by atoms with Gasteiger partial charge in [0.15, 0.2) is 0 Å². The summed E-state index contributed by atoms with van der Waals surface area (Å²) in [4.78, 5) is 0. The van der Waals surface area contributed by atoms with Crippen molar-refractivity contribution in [3.05, 3.63) is 27.7 Å². The summed E-state index contributed by atoms with van der Waals surface area (Å²) in [5.74, 6) is 0. The molecule has 0 bridgehead atoms. The van der Waals surface area contributed by atoms with Gasteiger partial charge in [-0.3, -0.25) is 0 Å². The van der Waals surface area contributed by atoms with Gasteiger partial charge in [0, 0.05) is 0 Å². The van der Waals surface area contributed by atoms with Gasteiger partial charge in [-0.15, -0.1) is 0 Å². The quantitative estimate of drug-likeness (QED) is 0.407. The van der Waals surface area contributed by atoms with Crippen LogP contribution in [-0.4, -0.2) is 0 Å². The van der Waals surface area contributed by atoms with E-state index in [-0.39, 0.29) is 21.7 Å². The second kappa shape index (κ2) is 54.4. The number of unbranched alkanes of at least 4 members (excludes halogenated alkanes) is 4. The van der Waals surface area contributed by atoms with Crippen LogP contribution in [0.3, 0.4) is 0 Å². The van der Waals surface area contributed by atoms with Gasteiger partial charge in [0.05, 0.1) is 0 Å². The van der Waals surface area contributed by atoms with E-state index in [9.17, 15) is 0 Å². The summed E-state index contributed by atoms with van der Waals surface area (Å²) in [6, 6.07) is 0. The van der Waals surface area contributed by atoms with Crippen LogP contribution in [0, 0.1) is 27.7 Å². The second-order valence-corrected chi connectivity index (χ2v) is 3.41. The first kappa shape index (κ1) is 30.6. The van der Waals surface area contributed by atoms with Crippen molar-refractivity contribution in [2.24, 2.45) is 0 Å². The van der Waals surface area contributed by atoms with Crippen LogP contribution in [0.25, 0.3) is 0 Å². The Bertz CT molecular complexity index is 29.5. The maximum Gasteiger partial charge on any atom is 3.00 e. The van der Waals surface area contributed by atoms with E-state index in [1.165, 1.54) is 25.7 Å². The minimum Gasteiger partial charge on any atom is -0.343 e. The van der Waals surface area contributed by atoms with Crippen molar-refractivity contribution < 1.29 is 21.7 Å². The van der Waals surface area contributed by atoms with Crippen molar-refractivity contribution >= 4 is 0 Å². The molecule has 1 heteroatoms. The molecule has 17 heavy (non-hydrogen) atoms. The Balaban J connectivity index is -0.0000000369. The molecule has 0 unspecified atom stereocenters. The summed E-state index contributed by atoms with van der Waals surface area (Å²) in [7, 11) is 0. The monoisotopic (exact) mass is 276 g/mol. The fourth-order valence-corrected chi connectivity index (χ4v) is 0. The van der Waals surface area contributed by atoms with Crippen LogP contribution in [0.5, 0.6) is 0 Å². The maximum absolute atomic E-state index is 3.60. The van der Waals surface area contributed by atoms with Crippen LogP contribution in [0.1, 0.15) is 79.1 Å². The largest absolute Gasteiger partial charge is 3.00 e. The van der Waals surface area contributed by atoms with Crippen molar-refractivity contribution in [2.45, 2.75) is 79.1 Å². The molecule has 0 saturated carbocycles. The van der Waals surface area contributed by atoms with E-state index in [4.69, 9.17) is 0 Å². The van der Waals surface area contributed by atoms with Crippen molar-refractivity contribution in [1.29, 1.82) is 0 Å². The van der Waals surface area contributed by atoms with Crippen LogP contribution in [0.4, 0.5) is 0 Å². The fourth-order valence-electron chi connectivity index (χ4n) is 0. The molecule has 0 aliphatic carbocycles. The summed E-state index contributed by atoms with van der Waals surface area (Å²) in [5.41, 5.74) is 0. The molecule has 0 rings (SSSR count). The summed E-state index contributed by atoms with van der Waals surface area (Å²) >= 11 is 0. The van der Waals surface area contributed by atoms with Crippen molar-refractivity contribution in [1.82, 2.24) is 0 Å². The zero-order chi connectivity index (χ0) is 13.7. The van der Waals surface area contributed by atoms with Gasteiger partial charge < -0.3 is 27.7 Å². The predicted octanol–water partition coefficient (Wildman–Crippen LogP) is 6.48. The molecule has 1 radical (unpaired) electrons. The molecule has 0 fully saturated rings. The van der Waals surface area contributed by atoms with Gasteiger partial charge in [-0.1, -0.05) is 53.4 Å². The Labute approximate surface area is 128 Å². The molecule has 0 atom stereocenters. The molecule has 105 valence electrons. The third kappa shape index (κ3) is 163. The maximum atomic E-state index is 3.60. The molecule has 0 nitrogen and oxygen atoms in total. The summed E-state index contributed by atoms with van der Waals surface area (Å²) < 4.78 is 0. The van der Waals surface area contributed by atoms with E-state index in [0.717, 1.165) is 25.7 Å². The molecule has 0 heterocycles. The van der Waals surface area contributed by atoms with Crippen LogP contribution < -0.4 is 0 Å². The van der Waals surface area contributed by atoms with Gasteiger partial charge in [0.1, 0.15) is 0 Å². The van der Waals surface area contributed by atoms with Crippen molar-refractivity contribution in [3.8, 4) is 0 Å². The van der Waals surface area contributed by atoms with E-state index in [0.29, 0.717) is 0 Å². The van der Waals surface area contributed by atoms with Gasteiger partial charge in [0.2, 0.25) is 0 Å². The average Bonchev–Trinajstić information content (AvgIpc) is 2.39. The standard InChI is InChI=1S/4C4H9.Ti/c4*1-3-4-2;/h4*1,3-4H2,2H3;/q4*-1;+3. The molecule has 0 aromatic rings. The van der Waals surface area contributed by atoms with Crippen molar-refractivity contribution in [2.75, 3.05) is 0 Å². The second-order valence-electron chi connectivity index (χ2n) is 3.41. The number of rotatable bonds is 4. The topological polar surface area (TPSA) is 0 Å². The van der Waals surface area contributed by atoms with E-state index in [1.54, 1.807) is 0 Å². The molecule has 0 spiro atoms. The first-order valence-electron chi connectivity index (χ1n) is 6.83. The fraction of sp³-hybridized carbons (Fsp3) is 0.750. The molecule has 0 N–H and O–H groups in total. The van der Waals surface area contributed by atoms with Gasteiger partial charge >= 0.3 is 21.7 Å². The van der Waals surface area contributed by atoms with Crippen LogP contribution in [0.2, 0.25) is 0 Å². The van der Waals surface area contributed by atoms with Gasteiger partial charge in [0.25, 0.3) is 0 Å². The Morgan fingerprint density at radius 1 is 0.471 bits per heavy atom. The van der Waals surface area contributed by atoms with Crippen LogP contribution in [0.15, 0.2) is 0 Å². The molecule has 0 amide bonds. The number of hydrogen-bond acceptors (Lipinski definition) is 0. The minimum atomic E-state index is 0. The SMILES string of the molecule is [CH2-]CCC.[CH2-]CCC.[CH2-]CCC.[CH2-]CCC.[Ti+3]. The number of hydrogen-bond donors (Lipinski definition) is 0. The van der Waals surface area contributed by atoms with Crippen LogP contribution in [-0.2, 0) is 21.7 Å². The molecule has 0 saturated heterocycles. The first-order chi connectivity index (χ1) is 7.66. The molecule has 0 aromatic carbocycles. The van der Waals surface area contributed by atoms with Gasteiger partial charge in [-0.25, -0.2) is 0 Å². The Morgan fingerprint density at radius 2 is 0.529 bits per heavy atom. The van der Waals surface area contributed by atoms with E-state index >= 15 is 0 Å². The average molecular weight is 276 g/mol. The molecule has 0 aromatic heterocycles. The molecular weight excluding hydrogens is 240 g/mol. The minimum absolute atomic E-state index is 0. The van der Waals surface area contributed by atoms with E-state index < -0.39 is 0 Å². The normalized spacial score (nSPS) is 7.06. The molecule has 0 aliphatic heterocycles. The zero-order valence-corrected chi connectivity index (χ0v) is 14.5. The predicted molar refractivity (Wildman–Crippen MR) is 81.1 cm³/mol. The Hall–Kier alpha value is 0.714. The van der Waals surface area contributed by atoms with Gasteiger partial charge in [-0.05, 0) is 0 Å². The third-order valence-electron chi connectivity index (χ3n) is 1.41. The first-order valence-corrected chi connectivity index (χ1v) is 6.83. The third-order valence-corrected chi connectivity index (χ3v) is 1.41. The van der Waals surface area contributed by atoms with Crippen LogP contribution >= 0.6 is 0 Å². The zero-order valence-electron chi connectivity index (χ0n) is 13.0. The van der Waals surface area contributed by atoms with Crippen molar-refractivity contribution in [3.63, 3.8) is 0 Å². The smallest absolute Gasteiger partial charge is 0.343 e. The Kier molecular flexibility index (Phi) is 97.9. The molecular formula is C16H36Ti-. The van der Waals surface area contributed by atoms with E-state index in [2.05, 4.69) is 55.4 Å². The van der Waals surface area contributed by atoms with Gasteiger partial charge in [-0.2, -0.15) is 25.7 Å². The Morgan fingerprint density at radius 3 is 0.529 bits per heavy atom. The van der Waals surface area contributed by atoms with E-state index in [1.807, 2.05) is 0 Å².